The van der Waals surface area contributed by atoms with Gasteiger partial charge in [0.15, 0.2) is 0 Å². The van der Waals surface area contributed by atoms with E-state index in [9.17, 15) is 9.59 Å². The summed E-state index contributed by atoms with van der Waals surface area (Å²) < 4.78 is 11.0. The van der Waals surface area contributed by atoms with Crippen LogP contribution in [0.25, 0.3) is 0 Å². The molecular weight excluding hydrogens is 310 g/mol. The second kappa shape index (κ2) is 7.83. The molecule has 0 aliphatic heterocycles. The van der Waals surface area contributed by atoms with Crippen LogP contribution in [0.2, 0.25) is 0 Å². The van der Waals surface area contributed by atoms with Gasteiger partial charge in [-0.05, 0) is 39.2 Å². The molecule has 0 bridgehead atoms. The Labute approximate surface area is 142 Å². The number of hydrogen-bond acceptors (Lipinski definition) is 4. The molecule has 1 aromatic rings. The molecule has 0 aromatic carbocycles. The van der Waals surface area contributed by atoms with Crippen molar-refractivity contribution in [3.05, 3.63) is 23.2 Å². The summed E-state index contributed by atoms with van der Waals surface area (Å²) in [6.07, 6.45) is 4.65. The number of ether oxygens (including phenoxy) is 1. The van der Waals surface area contributed by atoms with Crippen LogP contribution < -0.4 is 0 Å². The van der Waals surface area contributed by atoms with Gasteiger partial charge in [0, 0.05) is 20.3 Å². The van der Waals surface area contributed by atoms with Crippen LogP contribution in [0.1, 0.15) is 60.9 Å². The van der Waals surface area contributed by atoms with E-state index >= 15 is 0 Å². The van der Waals surface area contributed by atoms with Gasteiger partial charge in [-0.3, -0.25) is 4.79 Å². The average Bonchev–Trinajstić information content (AvgIpc) is 3.14. The maximum atomic E-state index is 13.0. The van der Waals surface area contributed by atoms with Crippen LogP contribution >= 0.6 is 0 Å². The number of carboxylic acid groups (broad SMARTS) is 1. The lowest BCUT2D eigenvalue weighted by molar-refractivity contribution is -0.142. The normalized spacial score (nSPS) is 16.3. The Hall–Kier alpha value is -1.82. The number of carbonyl (C=O) groups excluding carboxylic acids is 1. The molecule has 6 heteroatoms. The Morgan fingerprint density at radius 2 is 2.04 bits per heavy atom. The molecule has 6 nitrogen and oxygen atoms in total. The predicted octanol–water partition coefficient (Wildman–Crippen LogP) is 3.23. The van der Waals surface area contributed by atoms with E-state index in [2.05, 4.69) is 0 Å². The summed E-state index contributed by atoms with van der Waals surface area (Å²) >= 11 is 0. The number of rotatable bonds is 8. The summed E-state index contributed by atoms with van der Waals surface area (Å²) in [5, 5.41) is 9.10. The highest BCUT2D eigenvalue weighted by molar-refractivity contribution is 5.89. The highest BCUT2D eigenvalue weighted by atomic mass is 16.5. The number of aromatic carboxylic acids is 1. The molecule has 1 saturated carbocycles. The number of amides is 1. The fourth-order valence-corrected chi connectivity index (χ4v) is 3.58. The van der Waals surface area contributed by atoms with Gasteiger partial charge in [-0.1, -0.05) is 12.8 Å². The van der Waals surface area contributed by atoms with Gasteiger partial charge in [-0.2, -0.15) is 0 Å². The summed E-state index contributed by atoms with van der Waals surface area (Å²) in [7, 11) is 1.75. The van der Waals surface area contributed by atoms with E-state index < -0.39 is 5.97 Å². The predicted molar refractivity (Wildman–Crippen MR) is 88.9 cm³/mol. The van der Waals surface area contributed by atoms with Crippen LogP contribution in [0, 0.1) is 12.3 Å². The maximum absolute atomic E-state index is 13.0. The minimum atomic E-state index is -1.01. The van der Waals surface area contributed by atoms with Crippen LogP contribution in [0.3, 0.4) is 0 Å². The topological polar surface area (TPSA) is 80.0 Å². The molecule has 1 aliphatic carbocycles. The number of carboxylic acids is 1. The quantitative estimate of drug-likeness (QED) is 0.737. The number of carbonyl (C=O) groups is 2. The van der Waals surface area contributed by atoms with Gasteiger partial charge >= 0.3 is 5.97 Å². The van der Waals surface area contributed by atoms with E-state index in [0.717, 1.165) is 32.1 Å². The second-order valence-corrected chi connectivity index (χ2v) is 6.58. The lowest BCUT2D eigenvalue weighted by atomic mass is 9.81. The van der Waals surface area contributed by atoms with Crippen LogP contribution in [0.5, 0.6) is 0 Å². The summed E-state index contributed by atoms with van der Waals surface area (Å²) in [5.41, 5.74) is -0.195. The van der Waals surface area contributed by atoms with Crippen molar-refractivity contribution >= 4 is 11.9 Å². The van der Waals surface area contributed by atoms with Crippen molar-refractivity contribution in [2.24, 2.45) is 5.41 Å². The van der Waals surface area contributed by atoms with E-state index in [1.807, 2.05) is 6.92 Å². The SMILES string of the molecule is CCOCCC1(C(=O)N(C)Cc2cc(C(=O)O)c(C)o2)CCCC1. The van der Waals surface area contributed by atoms with Crippen LogP contribution in [0.4, 0.5) is 0 Å². The number of aryl methyl sites for hydroxylation is 1. The van der Waals surface area contributed by atoms with Gasteiger partial charge in [0.25, 0.3) is 0 Å². The molecule has 1 N–H and O–H groups in total. The smallest absolute Gasteiger partial charge is 0.339 e. The lowest BCUT2D eigenvalue weighted by Gasteiger charge is -2.32. The Balaban J connectivity index is 2.06. The first-order chi connectivity index (χ1) is 11.4. The average molecular weight is 337 g/mol. The monoisotopic (exact) mass is 337 g/mol. The number of hydrogen-bond donors (Lipinski definition) is 1. The first kappa shape index (κ1) is 18.5. The van der Waals surface area contributed by atoms with Gasteiger partial charge in [0.1, 0.15) is 17.1 Å². The van der Waals surface area contributed by atoms with Gasteiger partial charge in [0.05, 0.1) is 12.0 Å². The van der Waals surface area contributed by atoms with Gasteiger partial charge in [0.2, 0.25) is 5.91 Å². The molecule has 1 aliphatic rings. The molecule has 2 rings (SSSR count). The van der Waals surface area contributed by atoms with Crippen molar-refractivity contribution in [1.82, 2.24) is 4.90 Å². The van der Waals surface area contributed by atoms with Crippen molar-refractivity contribution in [3.8, 4) is 0 Å². The van der Waals surface area contributed by atoms with E-state index in [1.165, 1.54) is 6.07 Å². The fraction of sp³-hybridized carbons (Fsp3) is 0.667. The third-order valence-electron chi connectivity index (χ3n) is 4.88. The molecular formula is C18H27NO5. The fourth-order valence-electron chi connectivity index (χ4n) is 3.58. The van der Waals surface area contributed by atoms with Crippen LogP contribution in [-0.2, 0) is 16.1 Å². The largest absolute Gasteiger partial charge is 0.478 e. The molecule has 0 spiro atoms. The zero-order chi connectivity index (χ0) is 17.7. The van der Waals surface area contributed by atoms with Gasteiger partial charge in [-0.15, -0.1) is 0 Å². The van der Waals surface area contributed by atoms with E-state index in [0.29, 0.717) is 24.7 Å². The minimum absolute atomic E-state index is 0.102. The summed E-state index contributed by atoms with van der Waals surface area (Å²) in [6.45, 7) is 5.11. The first-order valence-electron chi connectivity index (χ1n) is 8.55. The summed E-state index contributed by atoms with van der Waals surface area (Å²) in [4.78, 5) is 25.8. The van der Waals surface area contributed by atoms with E-state index in [4.69, 9.17) is 14.3 Å². The van der Waals surface area contributed by atoms with E-state index in [1.54, 1.807) is 18.9 Å². The molecule has 24 heavy (non-hydrogen) atoms. The molecule has 0 unspecified atom stereocenters. The van der Waals surface area contributed by atoms with Crippen LogP contribution in [-0.4, -0.2) is 42.1 Å². The Morgan fingerprint density at radius 1 is 1.38 bits per heavy atom. The second-order valence-electron chi connectivity index (χ2n) is 6.58. The standard InChI is InChI=1S/C18H27NO5/c1-4-23-10-9-18(7-5-6-8-18)17(22)19(3)12-14-11-15(16(20)21)13(2)24-14/h11H,4-10,12H2,1-3H3,(H,20,21). The molecule has 0 atom stereocenters. The molecule has 0 radical (unpaired) electrons. The van der Waals surface area contributed by atoms with Crippen molar-refractivity contribution in [2.75, 3.05) is 20.3 Å². The molecule has 1 amide bonds. The summed E-state index contributed by atoms with van der Waals surface area (Å²) in [6, 6.07) is 1.50. The Morgan fingerprint density at radius 3 is 2.58 bits per heavy atom. The Kier molecular flexibility index (Phi) is 6.04. The molecule has 1 aromatic heterocycles. The molecule has 1 fully saturated rings. The molecule has 1 heterocycles. The number of furan rings is 1. The van der Waals surface area contributed by atoms with Crippen molar-refractivity contribution in [2.45, 2.75) is 52.5 Å². The van der Waals surface area contributed by atoms with Gasteiger partial charge < -0.3 is 19.2 Å². The van der Waals surface area contributed by atoms with E-state index in [-0.39, 0.29) is 23.4 Å². The van der Waals surface area contributed by atoms with Gasteiger partial charge in [-0.25, -0.2) is 4.79 Å². The molecule has 134 valence electrons. The van der Waals surface area contributed by atoms with Crippen molar-refractivity contribution < 1.29 is 23.8 Å². The zero-order valence-corrected chi connectivity index (χ0v) is 14.8. The zero-order valence-electron chi connectivity index (χ0n) is 14.8. The van der Waals surface area contributed by atoms with Crippen molar-refractivity contribution in [3.63, 3.8) is 0 Å². The molecule has 0 saturated heterocycles. The highest BCUT2D eigenvalue weighted by Gasteiger charge is 2.42. The summed E-state index contributed by atoms with van der Waals surface area (Å²) in [5.74, 6) is -0.0462. The lowest BCUT2D eigenvalue weighted by Crippen LogP contribution is -2.40. The third-order valence-corrected chi connectivity index (χ3v) is 4.88. The third kappa shape index (κ3) is 3.98. The number of nitrogens with zero attached hydrogens (tertiary/aromatic N) is 1. The van der Waals surface area contributed by atoms with Crippen molar-refractivity contribution in [1.29, 1.82) is 0 Å². The first-order valence-corrected chi connectivity index (χ1v) is 8.55. The highest BCUT2D eigenvalue weighted by Crippen LogP contribution is 2.42. The van der Waals surface area contributed by atoms with Crippen LogP contribution in [0.15, 0.2) is 10.5 Å². The maximum Gasteiger partial charge on any atom is 0.339 e. The minimum Gasteiger partial charge on any atom is -0.478 e. The Bertz CT molecular complexity index is 586.